The van der Waals surface area contributed by atoms with Crippen molar-refractivity contribution in [3.63, 3.8) is 0 Å². The first-order valence-electron chi connectivity index (χ1n) is 15.5. The van der Waals surface area contributed by atoms with Crippen LogP contribution >= 0.6 is 7.26 Å². The minimum absolute atomic E-state index is 0.192. The number of ether oxygens (including phenoxy) is 2. The maximum atomic E-state index is 11.6. The first kappa shape index (κ1) is 31.0. The second kappa shape index (κ2) is 14.4. The van der Waals surface area contributed by atoms with Gasteiger partial charge in [-0.15, -0.1) is 0 Å². The molecule has 0 bridgehead atoms. The molecule has 1 atom stereocenters. The van der Waals surface area contributed by atoms with Gasteiger partial charge in [-0.2, -0.15) is 0 Å². The van der Waals surface area contributed by atoms with E-state index in [4.69, 9.17) is 15.2 Å². The van der Waals surface area contributed by atoms with Crippen molar-refractivity contribution in [3.05, 3.63) is 175 Å². The van der Waals surface area contributed by atoms with Crippen LogP contribution in [0.3, 0.4) is 0 Å². The standard InChI is InChI=1S/C41H38NO3P/c1-31(42)41(43)45-30-33-19-25-36(26-20-33)44-29-32-17-21-34(22-18-32)35-23-27-40(28-24-35)46(37-11-5-2-6-12-37,38-13-7-3-8-14-38)39-15-9-4-10-16-39/h2-28,31,46H,29-30,42H2,1H3. The van der Waals surface area contributed by atoms with Crippen molar-refractivity contribution >= 4 is 34.4 Å². The molecule has 230 valence electrons. The van der Waals surface area contributed by atoms with E-state index in [0.29, 0.717) is 6.61 Å². The molecule has 5 heteroatoms. The summed E-state index contributed by atoms with van der Waals surface area (Å²) in [6.45, 7) is 2.26. The number of benzene rings is 6. The van der Waals surface area contributed by atoms with Crippen LogP contribution in [0.5, 0.6) is 5.75 Å². The Bertz CT molecular complexity index is 1740. The molecule has 4 nitrogen and oxygen atoms in total. The Hall–Kier alpha value is -5.02. The average Bonchev–Trinajstić information content (AvgIpc) is 3.12. The van der Waals surface area contributed by atoms with E-state index in [9.17, 15) is 4.79 Å². The fourth-order valence-corrected chi connectivity index (χ4v) is 10.6. The summed E-state index contributed by atoms with van der Waals surface area (Å²) >= 11 is 0. The Morgan fingerprint density at radius 2 is 0.935 bits per heavy atom. The first-order chi connectivity index (χ1) is 22.5. The SMILES string of the molecule is CC(N)C(=O)OCc1ccc(OCc2ccc(-c3ccc([PH](c4ccccc4)(c4ccccc4)c4ccccc4)cc3)cc2)cc1. The van der Waals surface area contributed by atoms with E-state index in [2.05, 4.69) is 140 Å². The van der Waals surface area contributed by atoms with E-state index in [0.717, 1.165) is 22.4 Å². The summed E-state index contributed by atoms with van der Waals surface area (Å²) in [4.78, 5) is 11.6. The molecule has 1 unspecified atom stereocenters. The second-order valence-electron chi connectivity index (χ2n) is 11.5. The van der Waals surface area contributed by atoms with Crippen LogP contribution in [0.2, 0.25) is 0 Å². The number of esters is 1. The zero-order valence-corrected chi connectivity index (χ0v) is 26.9. The minimum Gasteiger partial charge on any atom is -0.0519 e. The summed E-state index contributed by atoms with van der Waals surface area (Å²) < 4.78 is 11.2. The zero-order valence-electron chi connectivity index (χ0n) is 25.9. The molecule has 6 aromatic carbocycles. The number of carbonyl (C=O) groups is 1. The van der Waals surface area contributed by atoms with Crippen LogP contribution in [0.1, 0.15) is 18.1 Å². The molecule has 46 heavy (non-hydrogen) atoms. The Morgan fingerprint density at radius 3 is 1.39 bits per heavy atom. The monoisotopic (exact) mass is 623 g/mol. The molecular formula is C41H38NO3P. The van der Waals surface area contributed by atoms with Crippen molar-refractivity contribution < 1.29 is 14.3 Å². The van der Waals surface area contributed by atoms with Gasteiger partial charge in [0.25, 0.3) is 0 Å². The van der Waals surface area contributed by atoms with Crippen LogP contribution < -0.4 is 31.7 Å². The summed E-state index contributed by atoms with van der Waals surface area (Å²) in [5.74, 6) is 0.339. The predicted molar refractivity (Wildman–Crippen MR) is 192 cm³/mol. The predicted octanol–water partition coefficient (Wildman–Crippen LogP) is 6.67. The summed E-state index contributed by atoms with van der Waals surface area (Å²) in [6.07, 6.45) is 0. The molecule has 0 aliphatic carbocycles. The van der Waals surface area contributed by atoms with Crippen LogP contribution in [0.25, 0.3) is 11.1 Å². The maximum absolute atomic E-state index is 11.6. The molecule has 6 aromatic rings. The molecule has 0 radical (unpaired) electrons. The summed E-state index contributed by atoms with van der Waals surface area (Å²) in [7, 11) is -2.54. The van der Waals surface area contributed by atoms with Gasteiger partial charge in [-0.3, -0.25) is 4.79 Å². The third-order valence-corrected chi connectivity index (χ3v) is 13.1. The first-order valence-corrected chi connectivity index (χ1v) is 17.5. The van der Waals surface area contributed by atoms with Crippen molar-refractivity contribution in [3.8, 4) is 16.9 Å². The van der Waals surface area contributed by atoms with Crippen molar-refractivity contribution in [1.29, 1.82) is 0 Å². The van der Waals surface area contributed by atoms with Crippen LogP contribution in [0.4, 0.5) is 0 Å². The van der Waals surface area contributed by atoms with Crippen LogP contribution in [0, 0.1) is 0 Å². The van der Waals surface area contributed by atoms with Crippen molar-refractivity contribution in [2.75, 3.05) is 0 Å². The van der Waals surface area contributed by atoms with E-state index in [-0.39, 0.29) is 6.61 Å². The van der Waals surface area contributed by atoms with E-state index in [1.807, 2.05) is 24.3 Å². The molecule has 0 aliphatic rings. The van der Waals surface area contributed by atoms with Crippen molar-refractivity contribution in [2.24, 2.45) is 5.73 Å². The summed E-state index contributed by atoms with van der Waals surface area (Å²) in [5, 5.41) is 5.44. The van der Waals surface area contributed by atoms with Gasteiger partial charge in [-0.1, -0.05) is 12.1 Å². The van der Waals surface area contributed by atoms with E-state index < -0.39 is 19.3 Å². The van der Waals surface area contributed by atoms with Gasteiger partial charge < -0.3 is 10.5 Å². The fraction of sp³-hybridized carbons (Fsp3) is 0.0976. The summed E-state index contributed by atoms with van der Waals surface area (Å²) in [5.41, 5.74) is 9.85. The zero-order chi connectivity index (χ0) is 31.8. The van der Waals surface area contributed by atoms with Gasteiger partial charge in [0.15, 0.2) is 0 Å². The van der Waals surface area contributed by atoms with Crippen LogP contribution in [-0.4, -0.2) is 12.0 Å². The van der Waals surface area contributed by atoms with Gasteiger partial charge in [0.2, 0.25) is 0 Å². The Labute approximate surface area is 271 Å². The number of rotatable bonds is 11. The van der Waals surface area contributed by atoms with E-state index in [1.54, 1.807) is 6.92 Å². The van der Waals surface area contributed by atoms with Crippen molar-refractivity contribution in [1.82, 2.24) is 0 Å². The molecular weight excluding hydrogens is 585 g/mol. The number of nitrogens with two attached hydrogens (primary N) is 1. The van der Waals surface area contributed by atoms with Gasteiger partial charge in [-0.05, 0) is 12.5 Å². The number of hydrogen-bond acceptors (Lipinski definition) is 4. The average molecular weight is 624 g/mol. The third-order valence-electron chi connectivity index (χ3n) is 8.31. The van der Waals surface area contributed by atoms with E-state index >= 15 is 0 Å². The Balaban J connectivity index is 1.20. The molecule has 0 saturated carbocycles. The van der Waals surface area contributed by atoms with Gasteiger partial charge in [0.1, 0.15) is 12.6 Å². The Kier molecular flexibility index (Phi) is 9.69. The second-order valence-corrected chi connectivity index (χ2v) is 15.3. The van der Waals surface area contributed by atoms with Gasteiger partial charge >= 0.3 is 220 Å². The molecule has 0 heterocycles. The quantitative estimate of drug-likeness (QED) is 0.129. The molecule has 0 saturated heterocycles. The smallest absolute Gasteiger partial charge is 0.0519 e. The molecule has 2 N–H and O–H groups in total. The third kappa shape index (κ3) is 6.79. The molecule has 0 aromatic heterocycles. The fourth-order valence-electron chi connectivity index (χ4n) is 5.91. The van der Waals surface area contributed by atoms with Gasteiger partial charge in [-0.25, -0.2) is 0 Å². The number of hydrogen-bond donors (Lipinski definition) is 1. The van der Waals surface area contributed by atoms with E-state index in [1.165, 1.54) is 26.8 Å². The topological polar surface area (TPSA) is 61.6 Å². The van der Waals surface area contributed by atoms with Crippen molar-refractivity contribution in [2.45, 2.75) is 26.2 Å². The van der Waals surface area contributed by atoms with Crippen LogP contribution in [0.15, 0.2) is 164 Å². The normalized spacial score (nSPS) is 12.2. The van der Waals surface area contributed by atoms with Gasteiger partial charge in [0, 0.05) is 0 Å². The summed E-state index contributed by atoms with van der Waals surface area (Å²) in [6, 6.07) is 57.5. The number of carbonyl (C=O) groups excluding carboxylic acids is 1. The molecule has 0 aliphatic heterocycles. The molecule has 0 spiro atoms. The molecule has 6 rings (SSSR count). The molecule has 0 amide bonds. The van der Waals surface area contributed by atoms with Gasteiger partial charge in [0.05, 0.1) is 0 Å². The van der Waals surface area contributed by atoms with Crippen LogP contribution in [-0.2, 0) is 22.7 Å². The molecule has 0 fully saturated rings. The minimum atomic E-state index is -2.54. The Morgan fingerprint density at radius 1 is 0.543 bits per heavy atom.